The van der Waals surface area contributed by atoms with Crippen molar-refractivity contribution >= 4 is 27.7 Å². The second-order valence-electron chi connectivity index (χ2n) is 6.26. The number of benzene rings is 2. The number of amides is 2. The van der Waals surface area contributed by atoms with Gasteiger partial charge in [-0.25, -0.2) is 0 Å². The second kappa shape index (κ2) is 8.30. The summed E-state index contributed by atoms with van der Waals surface area (Å²) in [5, 5.41) is 2.72. The molecule has 0 radical (unpaired) electrons. The molecule has 1 fully saturated rings. The van der Waals surface area contributed by atoms with Crippen LogP contribution in [0.25, 0.3) is 0 Å². The Morgan fingerprint density at radius 2 is 1.76 bits per heavy atom. The standard InChI is InChI=1S/C20H21BrN2O2/c21-18-8-4-7-17(13-18)20(25)22-14-19(24)23-11-9-16(10-12-23)15-5-2-1-3-6-15/h1-8,13,16H,9-12,14H2,(H,22,25). The van der Waals surface area contributed by atoms with Crippen LogP contribution in [0.2, 0.25) is 0 Å². The van der Waals surface area contributed by atoms with Crippen molar-refractivity contribution in [3.05, 3.63) is 70.2 Å². The van der Waals surface area contributed by atoms with E-state index in [1.165, 1.54) is 5.56 Å². The van der Waals surface area contributed by atoms with Gasteiger partial charge >= 0.3 is 0 Å². The molecule has 0 aromatic heterocycles. The van der Waals surface area contributed by atoms with Gasteiger partial charge in [0.05, 0.1) is 6.54 Å². The molecule has 0 spiro atoms. The van der Waals surface area contributed by atoms with E-state index in [0.29, 0.717) is 11.5 Å². The maximum absolute atomic E-state index is 12.3. The number of nitrogens with one attached hydrogen (secondary N) is 1. The van der Waals surface area contributed by atoms with Crippen molar-refractivity contribution in [1.82, 2.24) is 10.2 Å². The van der Waals surface area contributed by atoms with Crippen molar-refractivity contribution in [3.8, 4) is 0 Å². The Bertz CT molecular complexity index is 740. The van der Waals surface area contributed by atoms with Crippen LogP contribution in [-0.2, 0) is 4.79 Å². The normalized spacial score (nSPS) is 15.0. The Morgan fingerprint density at radius 3 is 2.44 bits per heavy atom. The second-order valence-corrected chi connectivity index (χ2v) is 7.17. The summed E-state index contributed by atoms with van der Waals surface area (Å²) in [4.78, 5) is 26.3. The summed E-state index contributed by atoms with van der Waals surface area (Å²) in [5.74, 6) is 0.269. The predicted octanol–water partition coefficient (Wildman–Crippen LogP) is 3.59. The number of carbonyl (C=O) groups is 2. The van der Waals surface area contributed by atoms with E-state index in [1.807, 2.05) is 17.0 Å². The fourth-order valence-electron chi connectivity index (χ4n) is 3.19. The Kier molecular flexibility index (Phi) is 5.87. The highest BCUT2D eigenvalue weighted by Gasteiger charge is 2.23. The van der Waals surface area contributed by atoms with Crippen molar-refractivity contribution in [3.63, 3.8) is 0 Å². The van der Waals surface area contributed by atoms with E-state index in [4.69, 9.17) is 0 Å². The molecule has 3 rings (SSSR count). The Balaban J connectivity index is 1.47. The quantitative estimate of drug-likeness (QED) is 0.852. The first-order valence-electron chi connectivity index (χ1n) is 8.50. The zero-order valence-electron chi connectivity index (χ0n) is 14.0. The number of likely N-dealkylation sites (tertiary alicyclic amines) is 1. The molecule has 130 valence electrons. The van der Waals surface area contributed by atoms with Crippen LogP contribution in [-0.4, -0.2) is 36.3 Å². The van der Waals surface area contributed by atoms with E-state index in [2.05, 4.69) is 45.5 Å². The van der Waals surface area contributed by atoms with E-state index < -0.39 is 0 Å². The number of hydrogen-bond donors (Lipinski definition) is 1. The summed E-state index contributed by atoms with van der Waals surface area (Å²) in [5.41, 5.74) is 1.89. The molecule has 1 heterocycles. The van der Waals surface area contributed by atoms with Crippen LogP contribution >= 0.6 is 15.9 Å². The van der Waals surface area contributed by atoms with Gasteiger partial charge in [-0.15, -0.1) is 0 Å². The van der Waals surface area contributed by atoms with Crippen LogP contribution in [0.1, 0.15) is 34.7 Å². The summed E-state index contributed by atoms with van der Waals surface area (Å²) in [6.07, 6.45) is 1.94. The molecule has 4 nitrogen and oxygen atoms in total. The Hall–Kier alpha value is -2.14. The molecule has 25 heavy (non-hydrogen) atoms. The van der Waals surface area contributed by atoms with Gasteiger partial charge in [-0.05, 0) is 42.5 Å². The Morgan fingerprint density at radius 1 is 1.04 bits per heavy atom. The molecule has 1 aliphatic heterocycles. The molecule has 0 aliphatic carbocycles. The third kappa shape index (κ3) is 4.69. The smallest absolute Gasteiger partial charge is 0.251 e. The van der Waals surface area contributed by atoms with Gasteiger partial charge in [0.25, 0.3) is 5.91 Å². The lowest BCUT2D eigenvalue weighted by Crippen LogP contribution is -2.43. The molecule has 1 N–H and O–H groups in total. The predicted molar refractivity (Wildman–Crippen MR) is 101 cm³/mol. The molecule has 0 bridgehead atoms. The monoisotopic (exact) mass is 400 g/mol. The first-order chi connectivity index (χ1) is 12.1. The maximum atomic E-state index is 12.3. The van der Waals surface area contributed by atoms with Crippen LogP contribution in [0.5, 0.6) is 0 Å². The largest absolute Gasteiger partial charge is 0.343 e. The topological polar surface area (TPSA) is 49.4 Å². The fourth-order valence-corrected chi connectivity index (χ4v) is 3.59. The number of piperidine rings is 1. The zero-order chi connectivity index (χ0) is 17.6. The molecule has 2 amide bonds. The number of hydrogen-bond acceptors (Lipinski definition) is 2. The summed E-state index contributed by atoms with van der Waals surface area (Å²) in [6.45, 7) is 1.53. The van der Waals surface area contributed by atoms with Gasteiger partial charge in [0.1, 0.15) is 0 Å². The minimum atomic E-state index is -0.228. The average molecular weight is 401 g/mol. The summed E-state index contributed by atoms with van der Waals surface area (Å²) in [6, 6.07) is 17.6. The molecule has 2 aromatic carbocycles. The zero-order valence-corrected chi connectivity index (χ0v) is 15.5. The summed E-state index contributed by atoms with van der Waals surface area (Å²) < 4.78 is 0.842. The van der Waals surface area contributed by atoms with Gasteiger partial charge < -0.3 is 10.2 Å². The minimum absolute atomic E-state index is 0.0186. The van der Waals surface area contributed by atoms with E-state index in [1.54, 1.807) is 18.2 Å². The lowest BCUT2D eigenvalue weighted by atomic mass is 9.89. The highest BCUT2D eigenvalue weighted by atomic mass is 79.9. The van der Waals surface area contributed by atoms with Gasteiger partial charge in [-0.3, -0.25) is 9.59 Å². The molecule has 5 heteroatoms. The fraction of sp³-hybridized carbons (Fsp3) is 0.300. The van der Waals surface area contributed by atoms with Crippen LogP contribution in [0, 0.1) is 0 Å². The van der Waals surface area contributed by atoms with Crippen molar-refractivity contribution in [1.29, 1.82) is 0 Å². The Labute approximate surface area is 156 Å². The molecule has 0 saturated carbocycles. The number of halogens is 1. The van der Waals surface area contributed by atoms with Gasteiger partial charge in [0.15, 0.2) is 0 Å². The summed E-state index contributed by atoms with van der Waals surface area (Å²) in [7, 11) is 0. The number of carbonyl (C=O) groups excluding carboxylic acids is 2. The molecular formula is C20H21BrN2O2. The summed E-state index contributed by atoms with van der Waals surface area (Å²) >= 11 is 3.34. The van der Waals surface area contributed by atoms with E-state index in [0.717, 1.165) is 30.4 Å². The molecule has 1 saturated heterocycles. The van der Waals surface area contributed by atoms with Crippen molar-refractivity contribution in [2.75, 3.05) is 19.6 Å². The highest BCUT2D eigenvalue weighted by Crippen LogP contribution is 2.27. The molecular weight excluding hydrogens is 380 g/mol. The molecule has 0 atom stereocenters. The van der Waals surface area contributed by atoms with Gasteiger partial charge in [0, 0.05) is 23.1 Å². The number of nitrogens with zero attached hydrogens (tertiary/aromatic N) is 1. The average Bonchev–Trinajstić information content (AvgIpc) is 2.66. The third-order valence-electron chi connectivity index (χ3n) is 4.61. The number of rotatable bonds is 4. The lowest BCUT2D eigenvalue weighted by Gasteiger charge is -2.32. The van der Waals surface area contributed by atoms with Crippen molar-refractivity contribution in [2.24, 2.45) is 0 Å². The molecule has 1 aliphatic rings. The maximum Gasteiger partial charge on any atom is 0.251 e. The SMILES string of the molecule is O=C(NCC(=O)N1CCC(c2ccccc2)CC1)c1cccc(Br)c1. The van der Waals surface area contributed by atoms with E-state index in [-0.39, 0.29) is 18.4 Å². The first kappa shape index (κ1) is 17.7. The third-order valence-corrected chi connectivity index (χ3v) is 5.10. The highest BCUT2D eigenvalue weighted by molar-refractivity contribution is 9.10. The van der Waals surface area contributed by atoms with Gasteiger partial charge in [-0.1, -0.05) is 52.3 Å². The van der Waals surface area contributed by atoms with E-state index in [9.17, 15) is 9.59 Å². The van der Waals surface area contributed by atoms with Crippen LogP contribution < -0.4 is 5.32 Å². The van der Waals surface area contributed by atoms with Gasteiger partial charge in [0.2, 0.25) is 5.91 Å². The molecule has 2 aromatic rings. The lowest BCUT2D eigenvalue weighted by molar-refractivity contribution is -0.131. The van der Waals surface area contributed by atoms with Crippen LogP contribution in [0.15, 0.2) is 59.1 Å². The van der Waals surface area contributed by atoms with Crippen molar-refractivity contribution < 1.29 is 9.59 Å². The molecule has 0 unspecified atom stereocenters. The van der Waals surface area contributed by atoms with Gasteiger partial charge in [-0.2, -0.15) is 0 Å². The minimum Gasteiger partial charge on any atom is -0.343 e. The van der Waals surface area contributed by atoms with Crippen molar-refractivity contribution in [2.45, 2.75) is 18.8 Å². The van der Waals surface area contributed by atoms with E-state index >= 15 is 0 Å². The van der Waals surface area contributed by atoms with Crippen LogP contribution in [0.4, 0.5) is 0 Å². The van der Waals surface area contributed by atoms with Crippen LogP contribution in [0.3, 0.4) is 0 Å². The first-order valence-corrected chi connectivity index (χ1v) is 9.29.